The van der Waals surface area contributed by atoms with E-state index in [2.05, 4.69) is 23.9 Å². The van der Waals surface area contributed by atoms with Crippen molar-refractivity contribution in [2.24, 2.45) is 11.7 Å². The van der Waals surface area contributed by atoms with Crippen LogP contribution >= 0.6 is 0 Å². The van der Waals surface area contributed by atoms with Gasteiger partial charge in [-0.1, -0.05) is 13.8 Å². The minimum absolute atomic E-state index is 0.0141. The molecule has 2 rings (SSSR count). The third kappa shape index (κ3) is 3.46. The molecular weight excluding hydrogens is 254 g/mol. The van der Waals surface area contributed by atoms with Crippen molar-refractivity contribution < 1.29 is 4.74 Å². The van der Waals surface area contributed by atoms with Crippen LogP contribution in [0.4, 0.5) is 0 Å². The lowest BCUT2D eigenvalue weighted by Gasteiger charge is -2.15. The first-order chi connectivity index (χ1) is 9.61. The maximum absolute atomic E-state index is 6.26. The van der Waals surface area contributed by atoms with E-state index in [-0.39, 0.29) is 6.04 Å². The Morgan fingerprint density at radius 2 is 2.15 bits per heavy atom. The van der Waals surface area contributed by atoms with Gasteiger partial charge in [0.25, 0.3) is 0 Å². The lowest BCUT2D eigenvalue weighted by molar-refractivity contribution is 0.183. The van der Waals surface area contributed by atoms with Gasteiger partial charge in [0.15, 0.2) is 0 Å². The fourth-order valence-electron chi connectivity index (χ4n) is 2.21. The Bertz CT molecular complexity index is 531. The van der Waals surface area contributed by atoms with Crippen LogP contribution in [0.3, 0.4) is 0 Å². The summed E-state index contributed by atoms with van der Waals surface area (Å²) >= 11 is 0. The van der Waals surface area contributed by atoms with E-state index in [1.54, 1.807) is 13.4 Å². The topological polar surface area (TPSA) is 70.9 Å². The fourth-order valence-corrected chi connectivity index (χ4v) is 2.21. The summed E-state index contributed by atoms with van der Waals surface area (Å²) in [6.45, 7) is 5.72. The zero-order valence-electron chi connectivity index (χ0n) is 12.4. The number of nitrogens with two attached hydrogens (primary N) is 1. The lowest BCUT2D eigenvalue weighted by atomic mass is 10.0. The average molecular weight is 277 g/mol. The van der Waals surface area contributed by atoms with E-state index in [0.717, 1.165) is 24.3 Å². The molecule has 6 nitrogen and oxygen atoms in total. The summed E-state index contributed by atoms with van der Waals surface area (Å²) in [5, 5.41) is 4.32. The van der Waals surface area contributed by atoms with Crippen molar-refractivity contribution in [3.8, 4) is 5.69 Å². The van der Waals surface area contributed by atoms with Gasteiger partial charge in [-0.25, -0.2) is 4.98 Å². The fraction of sp³-hybridized carbons (Fsp3) is 0.571. The smallest absolute Gasteiger partial charge is 0.0995 e. The van der Waals surface area contributed by atoms with E-state index in [1.807, 2.05) is 27.8 Å². The molecule has 110 valence electrons. The number of imidazole rings is 1. The number of hydrogen-bond donors (Lipinski definition) is 1. The molecule has 0 aliphatic rings. The van der Waals surface area contributed by atoms with Crippen LogP contribution in [-0.2, 0) is 11.3 Å². The average Bonchev–Trinajstić information content (AvgIpc) is 3.03. The van der Waals surface area contributed by atoms with E-state index in [1.165, 1.54) is 0 Å². The molecule has 0 saturated heterocycles. The van der Waals surface area contributed by atoms with Crippen LogP contribution in [0.5, 0.6) is 0 Å². The van der Waals surface area contributed by atoms with Crippen molar-refractivity contribution in [2.45, 2.75) is 32.9 Å². The molecule has 1 unspecified atom stereocenters. The quantitative estimate of drug-likeness (QED) is 0.837. The Morgan fingerprint density at radius 3 is 2.85 bits per heavy atom. The summed E-state index contributed by atoms with van der Waals surface area (Å²) in [4.78, 5) is 4.22. The summed E-state index contributed by atoms with van der Waals surface area (Å²) in [6.07, 6.45) is 8.35. The van der Waals surface area contributed by atoms with Gasteiger partial charge in [0.2, 0.25) is 0 Å². The number of aromatic nitrogens is 4. The second-order valence-electron chi connectivity index (χ2n) is 5.38. The molecule has 0 aliphatic heterocycles. The Labute approximate surface area is 119 Å². The maximum Gasteiger partial charge on any atom is 0.0995 e. The van der Waals surface area contributed by atoms with E-state index in [4.69, 9.17) is 10.5 Å². The highest BCUT2D eigenvalue weighted by atomic mass is 16.5. The number of ether oxygens (including phenoxy) is 1. The van der Waals surface area contributed by atoms with Gasteiger partial charge in [-0.05, 0) is 12.3 Å². The van der Waals surface area contributed by atoms with Gasteiger partial charge >= 0.3 is 0 Å². The van der Waals surface area contributed by atoms with Crippen molar-refractivity contribution in [3.05, 3.63) is 30.6 Å². The van der Waals surface area contributed by atoms with Crippen LogP contribution in [0.15, 0.2) is 24.9 Å². The van der Waals surface area contributed by atoms with Crippen LogP contribution < -0.4 is 5.73 Å². The molecule has 2 heterocycles. The molecular formula is C14H23N5O. The highest BCUT2D eigenvalue weighted by molar-refractivity contribution is 5.29. The molecule has 20 heavy (non-hydrogen) atoms. The number of hydrogen-bond acceptors (Lipinski definition) is 4. The van der Waals surface area contributed by atoms with Crippen LogP contribution in [0.1, 0.15) is 32.0 Å². The molecule has 1 atom stereocenters. The zero-order chi connectivity index (χ0) is 14.5. The summed E-state index contributed by atoms with van der Waals surface area (Å²) in [6, 6.07) is -0.0141. The first kappa shape index (κ1) is 14.7. The predicted octanol–water partition coefficient (Wildman–Crippen LogP) is 1.76. The summed E-state index contributed by atoms with van der Waals surface area (Å²) in [7, 11) is 1.68. The summed E-state index contributed by atoms with van der Waals surface area (Å²) in [5.74, 6) is 0.553. The largest absolute Gasteiger partial charge is 0.383 e. The van der Waals surface area contributed by atoms with Gasteiger partial charge in [0.05, 0.1) is 43.3 Å². The van der Waals surface area contributed by atoms with Gasteiger partial charge in [0.1, 0.15) is 0 Å². The second kappa shape index (κ2) is 6.67. The SMILES string of the molecule is COCCn1cc(-n2cncc2C(N)CC(C)C)cn1. The molecule has 0 aliphatic carbocycles. The number of methoxy groups -OCH3 is 1. The van der Waals surface area contributed by atoms with Crippen LogP contribution in [0.2, 0.25) is 0 Å². The highest BCUT2D eigenvalue weighted by Crippen LogP contribution is 2.21. The van der Waals surface area contributed by atoms with Gasteiger partial charge in [-0.3, -0.25) is 9.25 Å². The van der Waals surface area contributed by atoms with Gasteiger partial charge < -0.3 is 10.5 Å². The van der Waals surface area contributed by atoms with E-state index < -0.39 is 0 Å². The lowest BCUT2D eigenvalue weighted by Crippen LogP contribution is -2.16. The number of rotatable bonds is 7. The molecule has 6 heteroatoms. The second-order valence-corrected chi connectivity index (χ2v) is 5.38. The first-order valence-corrected chi connectivity index (χ1v) is 6.91. The maximum atomic E-state index is 6.26. The zero-order valence-corrected chi connectivity index (χ0v) is 12.4. The standard InChI is InChI=1S/C14H23N5O/c1-11(2)6-13(15)14-8-16-10-19(14)12-7-17-18(9-12)4-5-20-3/h7-11,13H,4-6,15H2,1-3H3. The molecule has 0 fully saturated rings. The summed E-state index contributed by atoms with van der Waals surface area (Å²) < 4.78 is 8.91. The Hall–Kier alpha value is -1.66. The van der Waals surface area contributed by atoms with Crippen molar-refractivity contribution >= 4 is 0 Å². The van der Waals surface area contributed by atoms with Crippen LogP contribution in [0.25, 0.3) is 5.69 Å². The van der Waals surface area contributed by atoms with Crippen LogP contribution in [-0.4, -0.2) is 33.0 Å². The third-order valence-corrected chi connectivity index (χ3v) is 3.19. The van der Waals surface area contributed by atoms with Gasteiger partial charge in [-0.2, -0.15) is 5.10 Å². The molecule has 2 aromatic heterocycles. The minimum Gasteiger partial charge on any atom is -0.383 e. The van der Waals surface area contributed by atoms with Crippen molar-refractivity contribution in [1.82, 2.24) is 19.3 Å². The van der Waals surface area contributed by atoms with Crippen molar-refractivity contribution in [2.75, 3.05) is 13.7 Å². The molecule has 0 spiro atoms. The van der Waals surface area contributed by atoms with E-state index >= 15 is 0 Å². The van der Waals surface area contributed by atoms with E-state index in [0.29, 0.717) is 12.5 Å². The molecule has 0 bridgehead atoms. The monoisotopic (exact) mass is 277 g/mol. The molecule has 0 aromatic carbocycles. The molecule has 2 N–H and O–H groups in total. The molecule has 2 aromatic rings. The number of nitrogens with zero attached hydrogens (tertiary/aromatic N) is 4. The van der Waals surface area contributed by atoms with Gasteiger partial charge in [-0.15, -0.1) is 0 Å². The third-order valence-electron chi connectivity index (χ3n) is 3.19. The minimum atomic E-state index is -0.0141. The normalized spacial score (nSPS) is 13.1. The van der Waals surface area contributed by atoms with Crippen molar-refractivity contribution in [3.63, 3.8) is 0 Å². The first-order valence-electron chi connectivity index (χ1n) is 6.91. The summed E-state index contributed by atoms with van der Waals surface area (Å²) in [5.41, 5.74) is 8.26. The molecule has 0 saturated carbocycles. The van der Waals surface area contributed by atoms with E-state index in [9.17, 15) is 0 Å². The Kier molecular flexibility index (Phi) is 4.92. The van der Waals surface area contributed by atoms with Crippen molar-refractivity contribution in [1.29, 1.82) is 0 Å². The molecule has 0 amide bonds. The Morgan fingerprint density at radius 1 is 1.35 bits per heavy atom. The van der Waals surface area contributed by atoms with Crippen LogP contribution in [0, 0.1) is 5.92 Å². The molecule has 0 radical (unpaired) electrons. The Balaban J connectivity index is 2.16. The highest BCUT2D eigenvalue weighted by Gasteiger charge is 2.15. The van der Waals surface area contributed by atoms with Gasteiger partial charge in [0, 0.05) is 19.3 Å². The predicted molar refractivity (Wildman–Crippen MR) is 77.6 cm³/mol.